The van der Waals surface area contributed by atoms with Crippen molar-refractivity contribution in [2.75, 3.05) is 26.2 Å². The molecular weight excluding hydrogens is 363 g/mol. The Morgan fingerprint density at radius 3 is 2.77 bits per heavy atom. The van der Waals surface area contributed by atoms with Gasteiger partial charge in [-0.3, -0.25) is 0 Å². The van der Waals surface area contributed by atoms with E-state index in [1.165, 1.54) is 6.07 Å². The maximum absolute atomic E-state index is 12.7. The summed E-state index contributed by atoms with van der Waals surface area (Å²) in [5.74, 6) is 7.36. The molecule has 6 rings (SSSR count). The Morgan fingerprint density at radius 1 is 1.27 bits per heavy atom. The minimum atomic E-state index is -4.37. The number of piperidine rings is 3. The molecule has 1 aromatic carbocycles. The van der Waals surface area contributed by atoms with Gasteiger partial charge in [-0.25, -0.2) is 0 Å². The van der Waals surface area contributed by atoms with Crippen LogP contribution in [0.15, 0.2) is 24.3 Å². The third-order valence-electron chi connectivity index (χ3n) is 5.70. The monoisotopic (exact) mass is 377 g/mol. The maximum atomic E-state index is 12.7. The van der Waals surface area contributed by atoms with E-state index in [1.807, 2.05) is 0 Å². The van der Waals surface area contributed by atoms with Gasteiger partial charge in [0.15, 0.2) is 6.61 Å². The van der Waals surface area contributed by atoms with Crippen LogP contribution in [0.5, 0.6) is 5.88 Å². The Hall–Kier alpha value is -2.11. The second kappa shape index (κ2) is 5.44. The van der Waals surface area contributed by atoms with Crippen LogP contribution in [0.3, 0.4) is 0 Å². The molecule has 0 spiro atoms. The van der Waals surface area contributed by atoms with Crippen molar-refractivity contribution < 1.29 is 17.9 Å². The Morgan fingerprint density at radius 2 is 2.08 bits per heavy atom. The fourth-order valence-corrected chi connectivity index (χ4v) is 5.13. The van der Waals surface area contributed by atoms with Gasteiger partial charge in [-0.15, -0.1) is 4.37 Å². The van der Waals surface area contributed by atoms with E-state index in [2.05, 4.69) is 25.5 Å². The van der Waals surface area contributed by atoms with E-state index >= 15 is 0 Å². The van der Waals surface area contributed by atoms with Crippen molar-refractivity contribution in [1.82, 2.24) is 13.6 Å². The number of benzene rings is 1. The molecule has 0 radical (unpaired) electrons. The number of ether oxygens (including phenoxy) is 1. The average Bonchev–Trinajstić information content (AvgIpc) is 3.19. The predicted octanol–water partition coefficient (Wildman–Crippen LogP) is 2.80. The van der Waals surface area contributed by atoms with Crippen molar-refractivity contribution in [1.29, 1.82) is 0 Å². The first-order valence-corrected chi connectivity index (χ1v) is 9.06. The summed E-state index contributed by atoms with van der Waals surface area (Å²) in [7, 11) is 0. The van der Waals surface area contributed by atoms with Crippen LogP contribution in [0.1, 0.15) is 16.8 Å². The molecule has 2 unspecified atom stereocenters. The summed E-state index contributed by atoms with van der Waals surface area (Å²) in [6, 6.07) is 4.97. The smallest absolute Gasteiger partial charge is 0.416 e. The van der Waals surface area contributed by atoms with Crippen molar-refractivity contribution in [2.45, 2.75) is 11.6 Å². The molecule has 1 saturated carbocycles. The lowest BCUT2D eigenvalue weighted by atomic mass is 10.0. The zero-order chi connectivity index (χ0) is 17.9. The molecule has 0 amide bonds. The van der Waals surface area contributed by atoms with Crippen molar-refractivity contribution in [3.63, 3.8) is 0 Å². The molecule has 4 aliphatic rings. The van der Waals surface area contributed by atoms with Crippen LogP contribution in [-0.2, 0) is 11.6 Å². The normalized spacial score (nSPS) is 30.8. The number of alkyl halides is 3. The molecule has 134 valence electrons. The summed E-state index contributed by atoms with van der Waals surface area (Å²) >= 11 is 1.14. The van der Waals surface area contributed by atoms with Crippen LogP contribution >= 0.6 is 11.7 Å². The molecule has 4 nitrogen and oxygen atoms in total. The largest absolute Gasteiger partial charge is 0.463 e. The van der Waals surface area contributed by atoms with Gasteiger partial charge < -0.3 is 9.64 Å². The summed E-state index contributed by atoms with van der Waals surface area (Å²) in [5, 5.41) is 0. The third kappa shape index (κ3) is 2.34. The van der Waals surface area contributed by atoms with Crippen LogP contribution in [0.4, 0.5) is 13.2 Å². The van der Waals surface area contributed by atoms with Gasteiger partial charge in [0.2, 0.25) is 0 Å². The highest BCUT2D eigenvalue weighted by molar-refractivity contribution is 6.99. The highest BCUT2D eigenvalue weighted by Gasteiger charge is 2.76. The SMILES string of the molecule is FC(F)(F)c1cccc(C#CCOc2nsnc2C23CN4CC2C3C4)c1. The Bertz CT molecular complexity index is 917. The molecule has 26 heavy (non-hydrogen) atoms. The molecule has 4 fully saturated rings. The van der Waals surface area contributed by atoms with Crippen molar-refractivity contribution in [3.05, 3.63) is 41.1 Å². The lowest BCUT2D eigenvalue weighted by molar-refractivity contribution is -0.137. The molecule has 0 N–H and O–H groups in total. The fourth-order valence-electron chi connectivity index (χ4n) is 4.55. The van der Waals surface area contributed by atoms with Crippen LogP contribution < -0.4 is 4.74 Å². The Balaban J connectivity index is 1.27. The molecule has 3 saturated heterocycles. The fraction of sp³-hybridized carbons (Fsp3) is 0.444. The number of hydrogen-bond acceptors (Lipinski definition) is 5. The van der Waals surface area contributed by atoms with E-state index in [1.54, 1.807) is 6.07 Å². The van der Waals surface area contributed by atoms with Crippen LogP contribution in [-0.4, -0.2) is 39.9 Å². The number of rotatable bonds is 3. The summed E-state index contributed by atoms with van der Waals surface area (Å²) < 4.78 is 52.6. The van der Waals surface area contributed by atoms with Crippen LogP contribution in [0.2, 0.25) is 0 Å². The van der Waals surface area contributed by atoms with Crippen molar-refractivity contribution in [3.8, 4) is 17.7 Å². The minimum Gasteiger partial charge on any atom is -0.463 e. The highest BCUT2D eigenvalue weighted by atomic mass is 32.1. The highest BCUT2D eigenvalue weighted by Crippen LogP contribution is 2.70. The van der Waals surface area contributed by atoms with Crippen LogP contribution in [0, 0.1) is 23.7 Å². The summed E-state index contributed by atoms with van der Waals surface area (Å²) in [4.78, 5) is 2.45. The van der Waals surface area contributed by atoms with Gasteiger partial charge in [0.1, 0.15) is 5.69 Å². The second-order valence-electron chi connectivity index (χ2n) is 7.03. The number of hydrogen-bond donors (Lipinski definition) is 0. The zero-order valence-electron chi connectivity index (χ0n) is 13.6. The van der Waals surface area contributed by atoms with Crippen molar-refractivity contribution >= 4 is 11.7 Å². The Labute approximate surface area is 152 Å². The van der Waals surface area contributed by atoms with E-state index in [0.29, 0.717) is 23.3 Å². The minimum absolute atomic E-state index is 0.0732. The molecule has 3 aliphatic heterocycles. The Kier molecular flexibility index (Phi) is 3.37. The van der Waals surface area contributed by atoms with E-state index < -0.39 is 11.7 Å². The van der Waals surface area contributed by atoms with E-state index in [4.69, 9.17) is 4.74 Å². The zero-order valence-corrected chi connectivity index (χ0v) is 14.4. The first-order valence-electron chi connectivity index (χ1n) is 8.33. The van der Waals surface area contributed by atoms with Crippen molar-refractivity contribution in [2.24, 2.45) is 11.8 Å². The standard InChI is InChI=1S/C18H14F3N3OS/c19-18(20,21)12-5-1-3-11(7-12)4-2-6-25-16-15(22-26-23-16)17-10-24-8-13(17)14(17)9-24/h1,3,5,7,13-14H,6,8-10H2. The summed E-state index contributed by atoms with van der Waals surface area (Å²) in [6.45, 7) is 3.37. The molecule has 4 heterocycles. The number of halogens is 3. The molecule has 1 aromatic heterocycles. The molecule has 2 aromatic rings. The number of nitrogens with zero attached hydrogens (tertiary/aromatic N) is 3. The average molecular weight is 377 g/mol. The summed E-state index contributed by atoms with van der Waals surface area (Å²) in [6.07, 6.45) is -4.37. The third-order valence-corrected chi connectivity index (χ3v) is 6.21. The second-order valence-corrected chi connectivity index (χ2v) is 7.56. The molecule has 8 heteroatoms. The quantitative estimate of drug-likeness (QED) is 0.771. The first kappa shape index (κ1) is 16.1. The molecule has 1 aliphatic carbocycles. The lowest BCUT2D eigenvalue weighted by Crippen LogP contribution is -2.17. The van der Waals surface area contributed by atoms with E-state index in [-0.39, 0.29) is 12.0 Å². The maximum Gasteiger partial charge on any atom is 0.416 e. The van der Waals surface area contributed by atoms with Gasteiger partial charge >= 0.3 is 6.18 Å². The lowest BCUT2D eigenvalue weighted by Gasteiger charge is -2.09. The predicted molar refractivity (Wildman–Crippen MR) is 88.8 cm³/mol. The van der Waals surface area contributed by atoms with Gasteiger partial charge in [0.25, 0.3) is 5.88 Å². The van der Waals surface area contributed by atoms with Gasteiger partial charge in [0.05, 0.1) is 17.3 Å². The van der Waals surface area contributed by atoms with Gasteiger partial charge in [-0.05, 0) is 30.0 Å². The molecule has 2 atom stereocenters. The molecular formula is C18H14F3N3OS. The van der Waals surface area contributed by atoms with E-state index in [9.17, 15) is 13.2 Å². The van der Waals surface area contributed by atoms with Gasteiger partial charge in [-0.2, -0.15) is 17.5 Å². The topological polar surface area (TPSA) is 38.3 Å². The first-order chi connectivity index (χ1) is 12.5. The van der Waals surface area contributed by atoms with E-state index in [0.717, 1.165) is 49.2 Å². The molecule has 4 bridgehead atoms. The summed E-state index contributed by atoms with van der Waals surface area (Å²) in [5.41, 5.74) is 0.672. The van der Waals surface area contributed by atoms with Gasteiger partial charge in [0, 0.05) is 30.6 Å². The number of aromatic nitrogens is 2. The van der Waals surface area contributed by atoms with Gasteiger partial charge in [-0.1, -0.05) is 17.9 Å². The van der Waals surface area contributed by atoms with Crippen LogP contribution in [0.25, 0.3) is 0 Å².